The molecule has 2 aromatic carbocycles. The molecule has 0 radical (unpaired) electrons. The van der Waals surface area contributed by atoms with Gasteiger partial charge in [-0.2, -0.15) is 5.10 Å². The zero-order chi connectivity index (χ0) is 16.4. The van der Waals surface area contributed by atoms with E-state index in [4.69, 9.17) is 0 Å². The normalized spacial score (nSPS) is 10.8. The van der Waals surface area contributed by atoms with Crippen LogP contribution < -0.4 is 0 Å². The van der Waals surface area contributed by atoms with Crippen molar-refractivity contribution < 1.29 is 4.79 Å². The molecule has 0 bridgehead atoms. The van der Waals surface area contributed by atoms with E-state index >= 15 is 0 Å². The zero-order valence-electron chi connectivity index (χ0n) is 12.9. The second-order valence-corrected chi connectivity index (χ2v) is 5.64. The molecule has 0 saturated carbocycles. The van der Waals surface area contributed by atoms with Gasteiger partial charge >= 0.3 is 0 Å². The van der Waals surface area contributed by atoms with Gasteiger partial charge in [0.2, 0.25) is 0 Å². The van der Waals surface area contributed by atoms with Gasteiger partial charge in [-0.05, 0) is 35.7 Å². The largest absolute Gasteiger partial charge is 0.296 e. The lowest BCUT2D eigenvalue weighted by atomic mass is 9.99. The molecule has 0 aliphatic heterocycles. The second-order valence-electron chi connectivity index (χ2n) is 5.64. The first kappa shape index (κ1) is 14.3. The molecule has 0 aliphatic rings. The highest BCUT2D eigenvalue weighted by Gasteiger charge is 2.13. The molecule has 0 atom stereocenters. The van der Waals surface area contributed by atoms with E-state index in [1.165, 1.54) is 11.1 Å². The van der Waals surface area contributed by atoms with Gasteiger partial charge in [0, 0.05) is 5.39 Å². The van der Waals surface area contributed by atoms with Crippen LogP contribution in [0.4, 0.5) is 0 Å². The number of aldehydes is 1. The summed E-state index contributed by atoms with van der Waals surface area (Å²) in [6.45, 7) is 0. The van der Waals surface area contributed by atoms with Gasteiger partial charge in [0.05, 0.1) is 11.2 Å². The van der Waals surface area contributed by atoms with Crippen LogP contribution in [0.1, 0.15) is 21.6 Å². The quantitative estimate of drug-likeness (QED) is 0.579. The minimum atomic E-state index is 0.407. The van der Waals surface area contributed by atoms with Crippen molar-refractivity contribution in [2.24, 2.45) is 0 Å². The van der Waals surface area contributed by atoms with E-state index in [-0.39, 0.29) is 0 Å². The van der Waals surface area contributed by atoms with Crippen LogP contribution in [0.15, 0.2) is 66.7 Å². The number of benzene rings is 2. The molecule has 2 aromatic heterocycles. The molecule has 2 heterocycles. The van der Waals surface area contributed by atoms with E-state index in [9.17, 15) is 4.79 Å². The number of hydrogen-bond acceptors (Lipinski definition) is 3. The van der Waals surface area contributed by atoms with Gasteiger partial charge in [-0.25, -0.2) is 4.98 Å². The first-order valence-corrected chi connectivity index (χ1v) is 7.77. The molecule has 0 spiro atoms. The zero-order valence-corrected chi connectivity index (χ0v) is 12.9. The van der Waals surface area contributed by atoms with Crippen LogP contribution in [-0.2, 0) is 6.42 Å². The van der Waals surface area contributed by atoms with Gasteiger partial charge in [0.15, 0.2) is 6.29 Å². The van der Waals surface area contributed by atoms with Crippen molar-refractivity contribution in [3.05, 3.63) is 83.6 Å². The lowest BCUT2D eigenvalue weighted by Crippen LogP contribution is -1.93. The summed E-state index contributed by atoms with van der Waals surface area (Å²) in [7, 11) is 0. The number of pyridine rings is 1. The van der Waals surface area contributed by atoms with Gasteiger partial charge < -0.3 is 0 Å². The second kappa shape index (κ2) is 6.08. The molecule has 0 unspecified atom stereocenters. The monoisotopic (exact) mass is 313 g/mol. The Kier molecular flexibility index (Phi) is 3.63. The molecule has 4 aromatic rings. The molecule has 116 valence electrons. The third-order valence-corrected chi connectivity index (χ3v) is 4.05. The smallest absolute Gasteiger partial charge is 0.168 e. The molecule has 24 heavy (non-hydrogen) atoms. The summed E-state index contributed by atoms with van der Waals surface area (Å²) >= 11 is 0. The number of aromatic nitrogens is 3. The van der Waals surface area contributed by atoms with Crippen molar-refractivity contribution in [2.75, 3.05) is 0 Å². The molecule has 0 saturated heterocycles. The lowest BCUT2D eigenvalue weighted by Gasteiger charge is -2.06. The molecule has 0 amide bonds. The van der Waals surface area contributed by atoms with Crippen LogP contribution in [0.3, 0.4) is 0 Å². The van der Waals surface area contributed by atoms with Crippen molar-refractivity contribution in [1.82, 2.24) is 15.2 Å². The number of nitrogens with zero attached hydrogens (tertiary/aromatic N) is 2. The Labute approximate surface area is 139 Å². The maximum Gasteiger partial charge on any atom is 0.168 e. The van der Waals surface area contributed by atoms with Crippen LogP contribution >= 0.6 is 0 Å². The maximum atomic E-state index is 11.0. The van der Waals surface area contributed by atoms with E-state index < -0.39 is 0 Å². The number of H-pyrrole nitrogens is 1. The van der Waals surface area contributed by atoms with E-state index in [1.54, 1.807) is 6.07 Å². The predicted octanol–water partition coefficient (Wildman–Crippen LogP) is 4.03. The van der Waals surface area contributed by atoms with Gasteiger partial charge in [0.25, 0.3) is 0 Å². The number of fused-ring (bicyclic) bond motifs is 1. The van der Waals surface area contributed by atoms with Gasteiger partial charge in [0.1, 0.15) is 11.4 Å². The van der Waals surface area contributed by atoms with Crippen molar-refractivity contribution in [2.45, 2.75) is 6.42 Å². The summed E-state index contributed by atoms with van der Waals surface area (Å²) in [5.74, 6) is 0. The summed E-state index contributed by atoms with van der Waals surface area (Å²) in [6, 6.07) is 21.9. The van der Waals surface area contributed by atoms with Gasteiger partial charge in [-0.15, -0.1) is 0 Å². The Morgan fingerprint density at radius 1 is 0.917 bits per heavy atom. The van der Waals surface area contributed by atoms with Crippen LogP contribution in [0.2, 0.25) is 0 Å². The average molecular weight is 313 g/mol. The van der Waals surface area contributed by atoms with Crippen LogP contribution in [-0.4, -0.2) is 21.5 Å². The molecule has 4 nitrogen and oxygen atoms in total. The number of rotatable bonds is 4. The summed E-state index contributed by atoms with van der Waals surface area (Å²) in [5.41, 5.74) is 5.28. The number of aromatic amines is 1. The topological polar surface area (TPSA) is 58.6 Å². The van der Waals surface area contributed by atoms with Crippen molar-refractivity contribution in [3.8, 4) is 11.4 Å². The van der Waals surface area contributed by atoms with Crippen LogP contribution in [0, 0.1) is 0 Å². The minimum absolute atomic E-state index is 0.407. The molecule has 0 aliphatic carbocycles. The number of carbonyl (C=O) groups is 1. The number of hydrogen-bond donors (Lipinski definition) is 1. The summed E-state index contributed by atoms with van der Waals surface area (Å²) < 4.78 is 0. The first-order valence-electron chi connectivity index (χ1n) is 7.77. The molecule has 0 fully saturated rings. The number of nitrogens with one attached hydrogen (secondary N) is 1. The SMILES string of the molecule is O=Cc1cccc(-c2n[nH]c3cccc(Cc4ccccc4)c23)n1. The van der Waals surface area contributed by atoms with Crippen molar-refractivity contribution in [1.29, 1.82) is 0 Å². The summed E-state index contributed by atoms with van der Waals surface area (Å²) in [4.78, 5) is 15.4. The Morgan fingerprint density at radius 3 is 2.58 bits per heavy atom. The molecule has 1 N–H and O–H groups in total. The highest BCUT2D eigenvalue weighted by molar-refractivity contribution is 5.95. The average Bonchev–Trinajstić information content (AvgIpc) is 3.08. The summed E-state index contributed by atoms with van der Waals surface area (Å²) in [5, 5.41) is 8.56. The highest BCUT2D eigenvalue weighted by Crippen LogP contribution is 2.29. The summed E-state index contributed by atoms with van der Waals surface area (Å²) in [6.07, 6.45) is 1.57. The van der Waals surface area contributed by atoms with E-state index in [0.29, 0.717) is 11.4 Å². The third-order valence-electron chi connectivity index (χ3n) is 4.05. The Hall–Kier alpha value is -3.27. The first-order chi connectivity index (χ1) is 11.8. The molecule has 4 heteroatoms. The fraction of sp³-hybridized carbons (Fsp3) is 0.0500. The van der Waals surface area contributed by atoms with Crippen LogP contribution in [0.25, 0.3) is 22.3 Å². The number of carbonyl (C=O) groups excluding carboxylic acids is 1. The van der Waals surface area contributed by atoms with Gasteiger partial charge in [-0.3, -0.25) is 9.89 Å². The van der Waals surface area contributed by atoms with E-state index in [2.05, 4.69) is 33.4 Å². The fourth-order valence-corrected chi connectivity index (χ4v) is 2.94. The minimum Gasteiger partial charge on any atom is -0.296 e. The standard InChI is InChI=1S/C20H15N3O/c24-13-16-9-5-11-18(21-16)20-19-15(8-4-10-17(19)22-23-20)12-14-6-2-1-3-7-14/h1-11,13H,12H2,(H,22,23). The van der Waals surface area contributed by atoms with Crippen molar-refractivity contribution >= 4 is 17.2 Å². The van der Waals surface area contributed by atoms with Crippen LogP contribution in [0.5, 0.6) is 0 Å². The highest BCUT2D eigenvalue weighted by atomic mass is 16.1. The third kappa shape index (κ3) is 2.58. The molecular formula is C20H15N3O. The van der Waals surface area contributed by atoms with Gasteiger partial charge in [-0.1, -0.05) is 48.5 Å². The molecular weight excluding hydrogens is 298 g/mol. The Morgan fingerprint density at radius 2 is 1.75 bits per heavy atom. The maximum absolute atomic E-state index is 11.0. The van der Waals surface area contributed by atoms with E-state index in [1.807, 2.05) is 42.5 Å². The Balaban J connectivity index is 1.86. The molecule has 4 rings (SSSR count). The lowest BCUT2D eigenvalue weighted by molar-refractivity contribution is 0.111. The van der Waals surface area contributed by atoms with Crippen molar-refractivity contribution in [3.63, 3.8) is 0 Å². The predicted molar refractivity (Wildman–Crippen MR) is 94.0 cm³/mol. The van der Waals surface area contributed by atoms with E-state index in [0.717, 1.165) is 29.3 Å². The fourth-order valence-electron chi connectivity index (χ4n) is 2.94. The Bertz CT molecular complexity index is 1010.